The zero-order valence-corrected chi connectivity index (χ0v) is 23.7. The molecular weight excluding hydrogens is 530 g/mol. The van der Waals surface area contributed by atoms with Crippen molar-refractivity contribution in [3.8, 4) is 11.8 Å². The fourth-order valence-corrected chi connectivity index (χ4v) is 5.49. The van der Waals surface area contributed by atoms with E-state index in [1.165, 1.54) is 9.13 Å². The smallest absolute Gasteiger partial charge is 0.332 e. The molecule has 11 nitrogen and oxygen atoms in total. The third kappa shape index (κ3) is 5.12. The van der Waals surface area contributed by atoms with Gasteiger partial charge in [-0.05, 0) is 37.5 Å². The van der Waals surface area contributed by atoms with Gasteiger partial charge in [-0.1, -0.05) is 48.4 Å². The normalized spacial score (nSPS) is 15.1. The summed E-state index contributed by atoms with van der Waals surface area (Å²) < 4.78 is 4.39. The average Bonchev–Trinajstić information content (AvgIpc) is 3.40. The molecule has 2 aromatic carbocycles. The van der Waals surface area contributed by atoms with Gasteiger partial charge in [0.2, 0.25) is 5.95 Å². The Hall–Kier alpha value is -4.95. The number of fused-ring (bicyclic) bond motifs is 2. The van der Waals surface area contributed by atoms with E-state index in [4.69, 9.17) is 20.7 Å². The quantitative estimate of drug-likeness (QED) is 0.289. The lowest BCUT2D eigenvalue weighted by atomic mass is 10.1. The Morgan fingerprint density at radius 2 is 1.81 bits per heavy atom. The molecule has 0 amide bonds. The first-order valence-corrected chi connectivity index (χ1v) is 14.1. The van der Waals surface area contributed by atoms with Gasteiger partial charge in [-0.3, -0.25) is 18.5 Å². The van der Waals surface area contributed by atoms with Crippen LogP contribution in [0, 0.1) is 11.8 Å². The number of piperidine rings is 1. The first-order chi connectivity index (χ1) is 20.4. The topological polar surface area (TPSA) is 129 Å². The van der Waals surface area contributed by atoms with Crippen LogP contribution < -0.4 is 27.2 Å². The van der Waals surface area contributed by atoms with Gasteiger partial charge in [0.15, 0.2) is 17.0 Å². The van der Waals surface area contributed by atoms with Crippen LogP contribution in [0.2, 0.25) is 0 Å². The summed E-state index contributed by atoms with van der Waals surface area (Å²) in [4.78, 5) is 43.9. The SMILES string of the molecule is CC#CCn1c(N2CCCC(N)C2)nc2c1c(=O)n(Cc1nc(NCc3ccccc3)c3ccccc3n1)c(=O)n2C. The highest BCUT2D eigenvalue weighted by molar-refractivity contribution is 5.89. The fraction of sp³-hybridized carbons (Fsp3) is 0.323. The van der Waals surface area contributed by atoms with Crippen LogP contribution in [-0.4, -0.2) is 47.8 Å². The van der Waals surface area contributed by atoms with Crippen molar-refractivity contribution in [1.29, 1.82) is 0 Å². The van der Waals surface area contributed by atoms with Crippen molar-refractivity contribution in [1.82, 2.24) is 28.7 Å². The molecule has 0 bridgehead atoms. The van der Waals surface area contributed by atoms with Crippen molar-refractivity contribution in [3.63, 3.8) is 0 Å². The molecule has 3 N–H and O–H groups in total. The molecule has 6 rings (SSSR count). The summed E-state index contributed by atoms with van der Waals surface area (Å²) in [6.45, 7) is 3.87. The van der Waals surface area contributed by atoms with E-state index in [-0.39, 0.29) is 19.1 Å². The summed E-state index contributed by atoms with van der Waals surface area (Å²) in [5, 5.41) is 4.26. The van der Waals surface area contributed by atoms with Gasteiger partial charge in [0.05, 0.1) is 18.6 Å². The number of imidazole rings is 1. The minimum atomic E-state index is -0.490. The van der Waals surface area contributed by atoms with Gasteiger partial charge < -0.3 is 16.0 Å². The lowest BCUT2D eigenvalue weighted by molar-refractivity contribution is 0.496. The maximum atomic E-state index is 14.0. The molecule has 11 heteroatoms. The molecule has 42 heavy (non-hydrogen) atoms. The van der Waals surface area contributed by atoms with Crippen LogP contribution in [0.25, 0.3) is 22.1 Å². The fourth-order valence-electron chi connectivity index (χ4n) is 5.49. The summed E-state index contributed by atoms with van der Waals surface area (Å²) in [6, 6.07) is 17.7. The number of hydrogen-bond donors (Lipinski definition) is 2. The number of nitrogens with two attached hydrogens (primary N) is 1. The van der Waals surface area contributed by atoms with E-state index in [0.717, 1.165) is 35.9 Å². The minimum absolute atomic E-state index is 0.0134. The predicted molar refractivity (Wildman–Crippen MR) is 165 cm³/mol. The number of benzene rings is 2. The molecule has 1 unspecified atom stereocenters. The average molecular weight is 564 g/mol. The molecule has 5 aromatic rings. The van der Waals surface area contributed by atoms with Gasteiger partial charge >= 0.3 is 5.69 Å². The maximum Gasteiger partial charge on any atom is 0.332 e. The zero-order chi connectivity index (χ0) is 29.2. The predicted octanol–water partition coefficient (Wildman–Crippen LogP) is 2.45. The number of aryl methyl sites for hydroxylation is 1. The van der Waals surface area contributed by atoms with E-state index in [2.05, 4.69) is 22.1 Å². The highest BCUT2D eigenvalue weighted by Crippen LogP contribution is 2.24. The van der Waals surface area contributed by atoms with Crippen molar-refractivity contribution in [3.05, 3.63) is 86.8 Å². The van der Waals surface area contributed by atoms with Gasteiger partial charge in [-0.2, -0.15) is 4.98 Å². The molecule has 1 saturated heterocycles. The van der Waals surface area contributed by atoms with E-state index >= 15 is 0 Å². The number of aromatic nitrogens is 6. The summed E-state index contributed by atoms with van der Waals surface area (Å²) >= 11 is 0. The molecule has 3 aromatic heterocycles. The van der Waals surface area contributed by atoms with Crippen LogP contribution in [0.1, 0.15) is 31.2 Å². The summed E-state index contributed by atoms with van der Waals surface area (Å²) in [6.07, 6.45) is 1.86. The largest absolute Gasteiger partial charge is 0.365 e. The Morgan fingerprint density at radius 3 is 2.60 bits per heavy atom. The summed E-state index contributed by atoms with van der Waals surface area (Å²) in [7, 11) is 1.63. The van der Waals surface area contributed by atoms with Crippen LogP contribution in [0.15, 0.2) is 64.2 Å². The monoisotopic (exact) mass is 563 g/mol. The van der Waals surface area contributed by atoms with Crippen molar-refractivity contribution >= 4 is 33.8 Å². The summed E-state index contributed by atoms with van der Waals surface area (Å²) in [5.41, 5.74) is 7.77. The molecule has 214 valence electrons. The summed E-state index contributed by atoms with van der Waals surface area (Å²) in [5.74, 6) is 7.56. The van der Waals surface area contributed by atoms with Gasteiger partial charge in [0.25, 0.3) is 5.56 Å². The van der Waals surface area contributed by atoms with Crippen LogP contribution in [0.3, 0.4) is 0 Å². The molecule has 1 aliphatic heterocycles. The minimum Gasteiger partial charge on any atom is -0.365 e. The lowest BCUT2D eigenvalue weighted by Crippen LogP contribution is -2.44. The third-order valence-electron chi connectivity index (χ3n) is 7.62. The number of nitrogens with zero attached hydrogens (tertiary/aromatic N) is 7. The van der Waals surface area contributed by atoms with Gasteiger partial charge in [-0.25, -0.2) is 14.8 Å². The van der Waals surface area contributed by atoms with Crippen LogP contribution >= 0.6 is 0 Å². The highest BCUT2D eigenvalue weighted by atomic mass is 16.2. The number of rotatable bonds is 7. The Morgan fingerprint density at radius 1 is 1.02 bits per heavy atom. The molecule has 0 saturated carbocycles. The lowest BCUT2D eigenvalue weighted by Gasteiger charge is -2.31. The van der Waals surface area contributed by atoms with Crippen molar-refractivity contribution in [2.75, 3.05) is 23.3 Å². The van der Waals surface area contributed by atoms with Gasteiger partial charge in [0, 0.05) is 38.1 Å². The number of anilines is 2. The standard InChI is InChI=1S/C31H33N9O2/c1-3-4-17-39-26-28(36-30(39)38-16-10-13-22(32)19-38)37(2)31(42)40(29(26)41)20-25-34-24-15-9-8-14-23(24)27(35-25)33-18-21-11-6-5-7-12-21/h5-9,11-12,14-15,22H,10,13,16-20,32H2,1-2H3,(H,33,34,35). The third-order valence-corrected chi connectivity index (χ3v) is 7.62. The van der Waals surface area contributed by atoms with Crippen molar-refractivity contribution in [2.24, 2.45) is 12.8 Å². The molecule has 0 aliphatic carbocycles. The van der Waals surface area contributed by atoms with E-state index in [1.807, 2.05) is 54.6 Å². The second kappa shape index (κ2) is 11.5. The molecule has 1 aliphatic rings. The number of para-hydroxylation sites is 1. The second-order valence-corrected chi connectivity index (χ2v) is 10.5. The molecule has 1 atom stereocenters. The Balaban J connectivity index is 1.45. The maximum absolute atomic E-state index is 14.0. The molecule has 4 heterocycles. The van der Waals surface area contributed by atoms with Crippen LogP contribution in [0.5, 0.6) is 0 Å². The second-order valence-electron chi connectivity index (χ2n) is 10.5. The van der Waals surface area contributed by atoms with E-state index in [9.17, 15) is 9.59 Å². The van der Waals surface area contributed by atoms with Crippen molar-refractivity contribution in [2.45, 2.75) is 45.4 Å². The molecule has 1 fully saturated rings. The van der Waals surface area contributed by atoms with E-state index in [1.54, 1.807) is 18.5 Å². The van der Waals surface area contributed by atoms with E-state index < -0.39 is 11.2 Å². The van der Waals surface area contributed by atoms with Crippen molar-refractivity contribution < 1.29 is 0 Å². The van der Waals surface area contributed by atoms with Crippen LogP contribution in [-0.2, 0) is 26.7 Å². The Bertz CT molecular complexity index is 1950. The number of nitrogens with one attached hydrogen (secondary N) is 1. The Labute approximate surface area is 242 Å². The Kier molecular flexibility index (Phi) is 7.46. The zero-order valence-electron chi connectivity index (χ0n) is 23.7. The number of hydrogen-bond acceptors (Lipinski definition) is 8. The first kappa shape index (κ1) is 27.2. The van der Waals surface area contributed by atoms with Gasteiger partial charge in [0.1, 0.15) is 5.82 Å². The molecule has 0 spiro atoms. The van der Waals surface area contributed by atoms with E-state index in [0.29, 0.717) is 41.8 Å². The van der Waals surface area contributed by atoms with Gasteiger partial charge in [-0.15, -0.1) is 5.92 Å². The molecule has 0 radical (unpaired) electrons. The first-order valence-electron chi connectivity index (χ1n) is 14.1. The molecular formula is C31H33N9O2. The van der Waals surface area contributed by atoms with Crippen LogP contribution in [0.4, 0.5) is 11.8 Å². The highest BCUT2D eigenvalue weighted by Gasteiger charge is 2.26.